The summed E-state index contributed by atoms with van der Waals surface area (Å²) in [6.45, 7) is 9.73. The largest absolute Gasteiger partial charge is 0.409 e. The Hall–Kier alpha value is -0.850. The summed E-state index contributed by atoms with van der Waals surface area (Å²) < 4.78 is 0. The lowest BCUT2D eigenvalue weighted by atomic mass is 10.3. The highest BCUT2D eigenvalue weighted by atomic mass is 16.4. The summed E-state index contributed by atoms with van der Waals surface area (Å²) in [5, 5.41) is 11.6. The topological polar surface area (TPSA) is 68.3 Å². The number of oxime groups is 1. The molecule has 18 heavy (non-hydrogen) atoms. The predicted octanol–water partition coefficient (Wildman–Crippen LogP) is -0.554. The lowest BCUT2D eigenvalue weighted by Gasteiger charge is -2.35. The molecule has 0 atom stereocenters. The first-order chi connectivity index (χ1) is 8.78. The van der Waals surface area contributed by atoms with Gasteiger partial charge < -0.3 is 15.8 Å². The van der Waals surface area contributed by atoms with E-state index in [4.69, 9.17) is 10.9 Å². The van der Waals surface area contributed by atoms with Crippen LogP contribution in [0.25, 0.3) is 0 Å². The first-order valence-electron chi connectivity index (χ1n) is 6.91. The molecule has 0 aromatic heterocycles. The van der Waals surface area contributed by atoms with Gasteiger partial charge in [-0.3, -0.25) is 9.80 Å². The molecular formula is C12H25N5O. The fourth-order valence-electron chi connectivity index (χ4n) is 2.72. The van der Waals surface area contributed by atoms with Crippen LogP contribution in [0.5, 0.6) is 0 Å². The van der Waals surface area contributed by atoms with Crippen LogP contribution in [0.4, 0.5) is 0 Å². The second kappa shape index (κ2) is 6.92. The number of likely N-dealkylation sites (tertiary alicyclic amines) is 1. The monoisotopic (exact) mass is 255 g/mol. The van der Waals surface area contributed by atoms with Crippen molar-refractivity contribution in [3.8, 4) is 0 Å². The molecule has 3 N–H and O–H groups in total. The molecule has 2 fully saturated rings. The highest BCUT2D eigenvalue weighted by Gasteiger charge is 2.19. The normalized spacial score (nSPS) is 24.8. The van der Waals surface area contributed by atoms with Crippen LogP contribution in [0.15, 0.2) is 5.16 Å². The summed E-state index contributed by atoms with van der Waals surface area (Å²) in [5.41, 5.74) is 5.52. The van der Waals surface area contributed by atoms with Gasteiger partial charge in [0.25, 0.3) is 0 Å². The van der Waals surface area contributed by atoms with Crippen molar-refractivity contribution in [2.24, 2.45) is 10.9 Å². The number of rotatable bonds is 5. The fraction of sp³-hybridized carbons (Fsp3) is 0.917. The Morgan fingerprint density at radius 3 is 1.94 bits per heavy atom. The van der Waals surface area contributed by atoms with Crippen LogP contribution < -0.4 is 5.73 Å². The van der Waals surface area contributed by atoms with Crippen LogP contribution >= 0.6 is 0 Å². The van der Waals surface area contributed by atoms with Crippen molar-refractivity contribution in [1.82, 2.24) is 14.7 Å². The summed E-state index contributed by atoms with van der Waals surface area (Å²) in [7, 11) is 0. The molecule has 0 unspecified atom stereocenters. The summed E-state index contributed by atoms with van der Waals surface area (Å²) in [6, 6.07) is 0. The molecule has 2 aliphatic rings. The Labute approximate surface area is 109 Å². The minimum Gasteiger partial charge on any atom is -0.409 e. The molecule has 0 amide bonds. The average molecular weight is 255 g/mol. The van der Waals surface area contributed by atoms with E-state index in [2.05, 4.69) is 19.9 Å². The number of hydrogen-bond donors (Lipinski definition) is 2. The average Bonchev–Trinajstić information content (AvgIpc) is 2.91. The van der Waals surface area contributed by atoms with Gasteiger partial charge in [0.2, 0.25) is 0 Å². The van der Waals surface area contributed by atoms with Crippen molar-refractivity contribution in [2.45, 2.75) is 12.8 Å². The summed E-state index contributed by atoms with van der Waals surface area (Å²) in [5.74, 6) is 0.306. The van der Waals surface area contributed by atoms with Gasteiger partial charge in [0.05, 0.1) is 6.54 Å². The van der Waals surface area contributed by atoms with E-state index in [9.17, 15) is 0 Å². The Kier molecular flexibility index (Phi) is 5.22. The van der Waals surface area contributed by atoms with Crippen molar-refractivity contribution in [2.75, 3.05) is 58.9 Å². The van der Waals surface area contributed by atoms with E-state index in [1.807, 2.05) is 0 Å². The quantitative estimate of drug-likeness (QED) is 0.298. The Morgan fingerprint density at radius 1 is 0.889 bits per heavy atom. The van der Waals surface area contributed by atoms with Crippen molar-refractivity contribution in [1.29, 1.82) is 0 Å². The molecule has 0 radical (unpaired) electrons. The molecule has 2 saturated heterocycles. The van der Waals surface area contributed by atoms with Crippen molar-refractivity contribution in [3.05, 3.63) is 0 Å². The number of hydrogen-bond acceptors (Lipinski definition) is 5. The van der Waals surface area contributed by atoms with E-state index in [1.54, 1.807) is 0 Å². The molecule has 2 rings (SSSR count). The van der Waals surface area contributed by atoms with Crippen LogP contribution in [0.2, 0.25) is 0 Å². The van der Waals surface area contributed by atoms with Gasteiger partial charge >= 0.3 is 0 Å². The lowest BCUT2D eigenvalue weighted by molar-refractivity contribution is 0.132. The first-order valence-corrected chi connectivity index (χ1v) is 6.91. The van der Waals surface area contributed by atoms with Crippen molar-refractivity contribution < 1.29 is 5.21 Å². The molecule has 2 aliphatic heterocycles. The standard InChI is InChI=1S/C12H25N5O/c13-12(14-18)11-17-9-7-16(8-10-17)6-5-15-3-1-2-4-15/h18H,1-11H2,(H2,13,14). The van der Waals surface area contributed by atoms with Gasteiger partial charge in [0.1, 0.15) is 0 Å². The van der Waals surface area contributed by atoms with Crippen LogP contribution in [0, 0.1) is 0 Å². The minimum absolute atomic E-state index is 0.306. The Bertz CT molecular complexity index is 270. The molecule has 0 aromatic rings. The van der Waals surface area contributed by atoms with E-state index in [0.29, 0.717) is 12.4 Å². The molecule has 2 heterocycles. The van der Waals surface area contributed by atoms with Crippen LogP contribution in [0.3, 0.4) is 0 Å². The Balaban J connectivity index is 1.60. The number of nitrogens with zero attached hydrogens (tertiary/aromatic N) is 4. The molecule has 104 valence electrons. The Morgan fingerprint density at radius 2 is 1.39 bits per heavy atom. The van der Waals surface area contributed by atoms with E-state index < -0.39 is 0 Å². The zero-order valence-corrected chi connectivity index (χ0v) is 11.1. The SMILES string of the molecule is NC(CN1CCN(CCN2CCCC2)CC1)=NO. The minimum atomic E-state index is 0.306. The van der Waals surface area contributed by atoms with E-state index in [-0.39, 0.29) is 0 Å². The highest BCUT2D eigenvalue weighted by molar-refractivity contribution is 5.81. The summed E-state index contributed by atoms with van der Waals surface area (Å²) in [4.78, 5) is 7.31. The van der Waals surface area contributed by atoms with Gasteiger partial charge in [-0.15, -0.1) is 0 Å². The fourth-order valence-corrected chi connectivity index (χ4v) is 2.72. The zero-order valence-electron chi connectivity index (χ0n) is 11.1. The number of amidine groups is 1. The second-order valence-electron chi connectivity index (χ2n) is 5.26. The maximum absolute atomic E-state index is 8.54. The molecule has 0 aromatic carbocycles. The summed E-state index contributed by atoms with van der Waals surface area (Å²) >= 11 is 0. The maximum atomic E-state index is 8.54. The van der Waals surface area contributed by atoms with Crippen LogP contribution in [0.1, 0.15) is 12.8 Å². The molecule has 6 nitrogen and oxygen atoms in total. The molecular weight excluding hydrogens is 230 g/mol. The van der Waals surface area contributed by atoms with Gasteiger partial charge in [0.15, 0.2) is 5.84 Å². The van der Waals surface area contributed by atoms with Crippen LogP contribution in [-0.2, 0) is 0 Å². The third kappa shape index (κ3) is 4.12. The highest BCUT2D eigenvalue weighted by Crippen LogP contribution is 2.07. The van der Waals surface area contributed by atoms with Gasteiger partial charge in [-0.05, 0) is 25.9 Å². The van der Waals surface area contributed by atoms with Crippen molar-refractivity contribution >= 4 is 5.84 Å². The molecule has 0 spiro atoms. The first kappa shape index (κ1) is 13.6. The van der Waals surface area contributed by atoms with Gasteiger partial charge in [-0.1, -0.05) is 5.16 Å². The smallest absolute Gasteiger partial charge is 0.153 e. The third-order valence-corrected chi connectivity index (χ3v) is 3.91. The summed E-state index contributed by atoms with van der Waals surface area (Å²) in [6.07, 6.45) is 2.74. The lowest BCUT2D eigenvalue weighted by Crippen LogP contribution is -2.50. The van der Waals surface area contributed by atoms with E-state index >= 15 is 0 Å². The van der Waals surface area contributed by atoms with Gasteiger partial charge in [-0.25, -0.2) is 0 Å². The van der Waals surface area contributed by atoms with Crippen LogP contribution in [-0.4, -0.2) is 84.6 Å². The maximum Gasteiger partial charge on any atom is 0.153 e. The molecule has 6 heteroatoms. The van der Waals surface area contributed by atoms with Crippen molar-refractivity contribution in [3.63, 3.8) is 0 Å². The van der Waals surface area contributed by atoms with Gasteiger partial charge in [-0.2, -0.15) is 0 Å². The van der Waals surface area contributed by atoms with E-state index in [0.717, 1.165) is 26.2 Å². The molecule has 0 saturated carbocycles. The number of nitrogens with two attached hydrogens (primary N) is 1. The second-order valence-corrected chi connectivity index (χ2v) is 5.26. The number of piperazine rings is 1. The third-order valence-electron chi connectivity index (χ3n) is 3.91. The van der Waals surface area contributed by atoms with E-state index in [1.165, 1.54) is 39.0 Å². The molecule has 0 aliphatic carbocycles. The van der Waals surface area contributed by atoms with Gasteiger partial charge in [0, 0.05) is 39.3 Å². The zero-order chi connectivity index (χ0) is 12.8. The predicted molar refractivity (Wildman–Crippen MR) is 72.0 cm³/mol. The molecule has 0 bridgehead atoms.